The van der Waals surface area contributed by atoms with Crippen molar-refractivity contribution in [1.29, 1.82) is 0 Å². The number of nitrogens with one attached hydrogen (secondary N) is 2. The van der Waals surface area contributed by atoms with Crippen LogP contribution in [0.25, 0.3) is 5.69 Å². The fourth-order valence-corrected chi connectivity index (χ4v) is 5.18. The van der Waals surface area contributed by atoms with Crippen LogP contribution in [0.5, 0.6) is 0 Å². The first-order chi connectivity index (χ1) is 16.2. The van der Waals surface area contributed by atoms with Crippen LogP contribution in [-0.4, -0.2) is 39.7 Å². The third-order valence-corrected chi connectivity index (χ3v) is 7.13. The normalized spacial score (nSPS) is 19.6. The quantitative estimate of drug-likeness (QED) is 0.593. The average molecular weight is 445 g/mol. The van der Waals surface area contributed by atoms with E-state index in [1.807, 2.05) is 36.4 Å². The fourth-order valence-electron chi connectivity index (χ4n) is 5.18. The van der Waals surface area contributed by atoms with Crippen molar-refractivity contribution in [2.24, 2.45) is 5.92 Å². The van der Waals surface area contributed by atoms with E-state index in [2.05, 4.69) is 39.6 Å². The number of piperidine rings is 1. The van der Waals surface area contributed by atoms with Crippen molar-refractivity contribution in [2.45, 2.75) is 51.1 Å². The number of rotatable bonds is 5. The Balaban J connectivity index is 1.14. The van der Waals surface area contributed by atoms with Crippen LogP contribution < -0.4 is 10.9 Å². The van der Waals surface area contributed by atoms with Crippen LogP contribution in [-0.2, 0) is 24.2 Å². The highest BCUT2D eigenvalue weighted by atomic mass is 16.2. The van der Waals surface area contributed by atoms with E-state index in [9.17, 15) is 9.59 Å². The topological polar surface area (TPSA) is 70.1 Å². The summed E-state index contributed by atoms with van der Waals surface area (Å²) < 4.78 is 1.63. The van der Waals surface area contributed by atoms with Crippen molar-refractivity contribution in [3.05, 3.63) is 87.8 Å². The number of likely N-dealkylation sites (tertiary alicyclic amines) is 1. The van der Waals surface area contributed by atoms with Gasteiger partial charge in [0.05, 0.1) is 5.69 Å². The predicted molar refractivity (Wildman–Crippen MR) is 129 cm³/mol. The first-order valence-electron chi connectivity index (χ1n) is 12.1. The molecule has 3 aromatic rings. The largest absolute Gasteiger partial charge is 0.353 e. The summed E-state index contributed by atoms with van der Waals surface area (Å²) in [6.07, 6.45) is 4.88. The van der Waals surface area contributed by atoms with E-state index in [0.717, 1.165) is 68.7 Å². The number of carbonyl (C=O) groups is 1. The monoisotopic (exact) mass is 444 g/mol. The maximum Gasteiger partial charge on any atom is 0.274 e. The number of hydrogen-bond acceptors (Lipinski definition) is 3. The second kappa shape index (κ2) is 9.79. The third kappa shape index (κ3) is 4.96. The lowest BCUT2D eigenvalue weighted by atomic mass is 9.97. The van der Waals surface area contributed by atoms with E-state index in [4.69, 9.17) is 0 Å². The molecule has 0 saturated carbocycles. The molecule has 2 aliphatic rings. The summed E-state index contributed by atoms with van der Waals surface area (Å²) >= 11 is 0. The summed E-state index contributed by atoms with van der Waals surface area (Å²) in [6, 6.07) is 20.5. The van der Waals surface area contributed by atoms with Crippen LogP contribution >= 0.6 is 0 Å². The molecule has 6 heteroatoms. The highest BCUT2D eigenvalue weighted by molar-refractivity contribution is 5.79. The number of H-pyrrole nitrogens is 1. The smallest absolute Gasteiger partial charge is 0.274 e. The van der Waals surface area contributed by atoms with Gasteiger partial charge in [-0.3, -0.25) is 19.6 Å². The maximum atomic E-state index is 13.0. The van der Waals surface area contributed by atoms with Crippen molar-refractivity contribution in [3.8, 4) is 5.69 Å². The Hall–Kier alpha value is -3.12. The van der Waals surface area contributed by atoms with Crippen LogP contribution in [0, 0.1) is 5.92 Å². The number of amides is 1. The van der Waals surface area contributed by atoms with Crippen LogP contribution in [0.4, 0.5) is 0 Å². The Morgan fingerprint density at radius 3 is 2.30 bits per heavy atom. The molecule has 1 aliphatic heterocycles. The lowest BCUT2D eigenvalue weighted by Gasteiger charge is -2.33. The van der Waals surface area contributed by atoms with Crippen molar-refractivity contribution >= 4 is 5.91 Å². The van der Waals surface area contributed by atoms with Gasteiger partial charge in [0.25, 0.3) is 5.56 Å². The van der Waals surface area contributed by atoms with Crippen molar-refractivity contribution in [1.82, 2.24) is 20.0 Å². The molecule has 33 heavy (non-hydrogen) atoms. The summed E-state index contributed by atoms with van der Waals surface area (Å²) in [7, 11) is 0. The number of carbonyl (C=O) groups excluding carboxylic acids is 1. The number of nitrogens with zero attached hydrogens (tertiary/aromatic N) is 2. The first-order valence-corrected chi connectivity index (χ1v) is 12.1. The molecule has 1 amide bonds. The zero-order chi connectivity index (χ0) is 22.6. The van der Waals surface area contributed by atoms with Crippen LogP contribution in [0.15, 0.2) is 65.5 Å². The molecular weight excluding hydrogens is 412 g/mol. The molecule has 0 radical (unpaired) electrons. The molecule has 2 aromatic carbocycles. The van der Waals surface area contributed by atoms with Gasteiger partial charge in [0.15, 0.2) is 0 Å². The number of para-hydroxylation sites is 1. The van der Waals surface area contributed by atoms with Crippen molar-refractivity contribution < 1.29 is 4.79 Å². The molecule has 0 spiro atoms. The molecule has 6 nitrogen and oxygen atoms in total. The van der Waals surface area contributed by atoms with Crippen LogP contribution in [0.3, 0.4) is 0 Å². The molecule has 1 fully saturated rings. The maximum absolute atomic E-state index is 13.0. The van der Waals surface area contributed by atoms with Gasteiger partial charge in [0.2, 0.25) is 5.91 Å². The van der Waals surface area contributed by atoms with Gasteiger partial charge >= 0.3 is 0 Å². The van der Waals surface area contributed by atoms with Gasteiger partial charge in [-0.1, -0.05) is 48.5 Å². The SMILES string of the molecule is O=C(NC1CCN(Cc2ccccc2)CC1)C1CCc2[nH]n(-c3ccccc3)c(=O)c2CC1. The molecule has 1 saturated heterocycles. The number of benzene rings is 2. The van der Waals surface area contributed by atoms with Crippen LogP contribution in [0.2, 0.25) is 0 Å². The standard InChI is InChI=1S/C27H32N4O2/c32-26(28-22-15-17-30(18-16-22)19-20-7-3-1-4-8-20)21-11-13-24-25(14-12-21)29-31(27(24)33)23-9-5-2-6-10-23/h1-10,21-22,29H,11-19H2,(H,28,32). The summed E-state index contributed by atoms with van der Waals surface area (Å²) in [4.78, 5) is 28.4. The summed E-state index contributed by atoms with van der Waals surface area (Å²) in [6.45, 7) is 2.99. The van der Waals surface area contributed by atoms with Gasteiger partial charge in [0.1, 0.15) is 0 Å². The zero-order valence-corrected chi connectivity index (χ0v) is 19.0. The van der Waals surface area contributed by atoms with Gasteiger partial charge < -0.3 is 5.32 Å². The van der Waals surface area contributed by atoms with Gasteiger partial charge in [-0.05, 0) is 56.2 Å². The molecule has 1 unspecified atom stereocenters. The Morgan fingerprint density at radius 1 is 0.909 bits per heavy atom. The summed E-state index contributed by atoms with van der Waals surface area (Å²) in [5.74, 6) is 0.128. The minimum Gasteiger partial charge on any atom is -0.353 e. The lowest BCUT2D eigenvalue weighted by Crippen LogP contribution is -2.46. The molecule has 2 N–H and O–H groups in total. The second-order valence-corrected chi connectivity index (χ2v) is 9.36. The second-order valence-electron chi connectivity index (χ2n) is 9.36. The number of fused-ring (bicyclic) bond motifs is 1. The first kappa shape index (κ1) is 21.7. The van der Waals surface area contributed by atoms with Crippen LogP contribution in [0.1, 0.15) is 42.5 Å². The van der Waals surface area contributed by atoms with Crippen molar-refractivity contribution in [2.75, 3.05) is 13.1 Å². The predicted octanol–water partition coefficient (Wildman–Crippen LogP) is 3.44. The molecular formula is C27H32N4O2. The lowest BCUT2D eigenvalue weighted by molar-refractivity contribution is -0.126. The summed E-state index contributed by atoms with van der Waals surface area (Å²) in [5, 5.41) is 6.60. The zero-order valence-electron chi connectivity index (χ0n) is 19.0. The van der Waals surface area contributed by atoms with E-state index < -0.39 is 0 Å². The average Bonchev–Trinajstić information content (AvgIpc) is 3.02. The highest BCUT2D eigenvalue weighted by Gasteiger charge is 2.28. The molecule has 0 bridgehead atoms. The number of hydrogen-bond donors (Lipinski definition) is 2. The number of aromatic nitrogens is 2. The molecule has 1 aliphatic carbocycles. The molecule has 1 atom stereocenters. The third-order valence-electron chi connectivity index (χ3n) is 7.13. The molecule has 172 valence electrons. The highest BCUT2D eigenvalue weighted by Crippen LogP contribution is 2.24. The summed E-state index contributed by atoms with van der Waals surface area (Å²) in [5.41, 5.74) is 4.02. The Labute approximate surface area is 194 Å². The Kier molecular flexibility index (Phi) is 6.44. The Morgan fingerprint density at radius 2 is 1.58 bits per heavy atom. The number of aromatic amines is 1. The molecule has 1 aromatic heterocycles. The minimum absolute atomic E-state index is 0.0167. The van der Waals surface area contributed by atoms with E-state index >= 15 is 0 Å². The van der Waals surface area contributed by atoms with E-state index in [1.54, 1.807) is 4.68 Å². The van der Waals surface area contributed by atoms with E-state index in [0.29, 0.717) is 6.42 Å². The fraction of sp³-hybridized carbons (Fsp3) is 0.407. The van der Waals surface area contributed by atoms with Gasteiger partial charge in [-0.15, -0.1) is 0 Å². The van der Waals surface area contributed by atoms with Gasteiger partial charge in [-0.25, -0.2) is 4.68 Å². The number of aryl methyl sites for hydroxylation is 1. The Bertz CT molecular complexity index is 1130. The van der Waals surface area contributed by atoms with E-state index in [-0.39, 0.29) is 23.4 Å². The van der Waals surface area contributed by atoms with Gasteiger partial charge in [-0.2, -0.15) is 0 Å². The minimum atomic E-state index is -0.0299. The molecule has 2 heterocycles. The van der Waals surface area contributed by atoms with Gasteiger partial charge in [0, 0.05) is 42.9 Å². The molecule has 5 rings (SSSR count). The van der Waals surface area contributed by atoms with E-state index in [1.165, 1.54) is 5.56 Å². The van der Waals surface area contributed by atoms with Crippen molar-refractivity contribution in [3.63, 3.8) is 0 Å².